The van der Waals surface area contributed by atoms with Gasteiger partial charge in [0.1, 0.15) is 6.10 Å². The van der Waals surface area contributed by atoms with E-state index in [1.807, 2.05) is 49.4 Å². The number of benzene rings is 2. The summed E-state index contributed by atoms with van der Waals surface area (Å²) in [7, 11) is 0. The van der Waals surface area contributed by atoms with E-state index in [2.05, 4.69) is 5.32 Å². The molecule has 0 aromatic heterocycles. The molecule has 1 heterocycles. The molecule has 0 spiro atoms. The molecule has 1 saturated heterocycles. The molecule has 1 aliphatic rings. The standard InChI is InChI=1S/C20H23NO4/c1-13-6-9-18(25-13)19(22)21-12-17(20(23)24)11-14-7-8-15-4-2-3-5-16(15)10-14/h2-5,7-8,10,13,17-18H,6,9,11-12H2,1H3,(H,21,22)(H,23,24). The molecule has 1 amide bonds. The Balaban J connectivity index is 1.62. The first-order chi connectivity index (χ1) is 12.0. The monoisotopic (exact) mass is 341 g/mol. The number of carboxylic acid groups (broad SMARTS) is 1. The predicted octanol–water partition coefficient (Wildman–Crippen LogP) is 2.77. The summed E-state index contributed by atoms with van der Waals surface area (Å²) in [6, 6.07) is 13.9. The van der Waals surface area contributed by atoms with Crippen molar-refractivity contribution in [3.05, 3.63) is 48.0 Å². The van der Waals surface area contributed by atoms with Crippen LogP contribution in [0.3, 0.4) is 0 Å². The van der Waals surface area contributed by atoms with Crippen LogP contribution >= 0.6 is 0 Å². The van der Waals surface area contributed by atoms with Crippen LogP contribution in [0.5, 0.6) is 0 Å². The highest BCUT2D eigenvalue weighted by Crippen LogP contribution is 2.20. The molecule has 0 radical (unpaired) electrons. The van der Waals surface area contributed by atoms with Crippen LogP contribution in [-0.2, 0) is 20.7 Å². The van der Waals surface area contributed by atoms with Crippen molar-refractivity contribution in [1.82, 2.24) is 5.32 Å². The maximum atomic E-state index is 12.1. The van der Waals surface area contributed by atoms with E-state index >= 15 is 0 Å². The van der Waals surface area contributed by atoms with E-state index in [0.29, 0.717) is 12.8 Å². The molecule has 5 heteroatoms. The number of aliphatic carboxylic acids is 1. The Bertz CT molecular complexity index is 773. The van der Waals surface area contributed by atoms with Crippen LogP contribution in [-0.4, -0.2) is 35.7 Å². The number of carboxylic acids is 1. The lowest BCUT2D eigenvalue weighted by Gasteiger charge is -2.16. The summed E-state index contributed by atoms with van der Waals surface area (Å²) in [5.74, 6) is -1.78. The minimum absolute atomic E-state index is 0.0867. The van der Waals surface area contributed by atoms with Crippen molar-refractivity contribution in [2.45, 2.75) is 38.4 Å². The van der Waals surface area contributed by atoms with Gasteiger partial charge in [0, 0.05) is 6.54 Å². The van der Waals surface area contributed by atoms with Gasteiger partial charge in [-0.15, -0.1) is 0 Å². The van der Waals surface area contributed by atoms with Crippen LogP contribution < -0.4 is 5.32 Å². The van der Waals surface area contributed by atoms with E-state index in [0.717, 1.165) is 22.8 Å². The number of rotatable bonds is 6. The van der Waals surface area contributed by atoms with Crippen LogP contribution in [0.2, 0.25) is 0 Å². The first-order valence-electron chi connectivity index (χ1n) is 8.66. The highest BCUT2D eigenvalue weighted by atomic mass is 16.5. The maximum Gasteiger partial charge on any atom is 0.308 e. The molecule has 3 rings (SSSR count). The van der Waals surface area contributed by atoms with Gasteiger partial charge < -0.3 is 15.2 Å². The molecular formula is C20H23NO4. The summed E-state index contributed by atoms with van der Waals surface area (Å²) >= 11 is 0. The lowest BCUT2D eigenvalue weighted by Crippen LogP contribution is -2.39. The summed E-state index contributed by atoms with van der Waals surface area (Å²) in [6.45, 7) is 2.04. The molecule has 2 N–H and O–H groups in total. The Morgan fingerprint density at radius 2 is 1.96 bits per heavy atom. The number of nitrogens with one attached hydrogen (secondary N) is 1. The second-order valence-electron chi connectivity index (χ2n) is 6.68. The van der Waals surface area contributed by atoms with Gasteiger partial charge in [-0.05, 0) is 42.5 Å². The number of hydrogen-bond acceptors (Lipinski definition) is 3. The fourth-order valence-corrected chi connectivity index (χ4v) is 3.23. The van der Waals surface area contributed by atoms with E-state index in [1.54, 1.807) is 0 Å². The van der Waals surface area contributed by atoms with E-state index in [9.17, 15) is 14.7 Å². The molecule has 25 heavy (non-hydrogen) atoms. The van der Waals surface area contributed by atoms with Crippen molar-refractivity contribution in [1.29, 1.82) is 0 Å². The molecule has 2 aromatic rings. The zero-order chi connectivity index (χ0) is 17.8. The van der Waals surface area contributed by atoms with Crippen molar-refractivity contribution >= 4 is 22.6 Å². The molecule has 132 valence electrons. The van der Waals surface area contributed by atoms with Crippen molar-refractivity contribution in [3.8, 4) is 0 Å². The van der Waals surface area contributed by atoms with Gasteiger partial charge in [0.2, 0.25) is 5.91 Å². The molecule has 1 aliphatic heterocycles. The second-order valence-corrected chi connectivity index (χ2v) is 6.68. The molecule has 0 aliphatic carbocycles. The van der Waals surface area contributed by atoms with Gasteiger partial charge in [0.05, 0.1) is 12.0 Å². The number of carbonyl (C=O) groups excluding carboxylic acids is 1. The van der Waals surface area contributed by atoms with Crippen molar-refractivity contribution in [2.75, 3.05) is 6.54 Å². The fraction of sp³-hybridized carbons (Fsp3) is 0.400. The van der Waals surface area contributed by atoms with Gasteiger partial charge in [0.25, 0.3) is 0 Å². The highest BCUT2D eigenvalue weighted by Gasteiger charge is 2.29. The van der Waals surface area contributed by atoms with Crippen LogP contribution in [0.1, 0.15) is 25.3 Å². The van der Waals surface area contributed by atoms with Crippen LogP contribution in [0.25, 0.3) is 10.8 Å². The van der Waals surface area contributed by atoms with Gasteiger partial charge in [-0.1, -0.05) is 42.5 Å². The number of amides is 1. The third-order valence-electron chi connectivity index (χ3n) is 4.69. The van der Waals surface area contributed by atoms with Crippen LogP contribution in [0.15, 0.2) is 42.5 Å². The van der Waals surface area contributed by atoms with Gasteiger partial charge in [-0.25, -0.2) is 0 Å². The average molecular weight is 341 g/mol. The number of hydrogen-bond donors (Lipinski definition) is 2. The van der Waals surface area contributed by atoms with Gasteiger partial charge in [-0.2, -0.15) is 0 Å². The molecule has 3 atom stereocenters. The van der Waals surface area contributed by atoms with Crippen molar-refractivity contribution < 1.29 is 19.4 Å². The molecular weight excluding hydrogens is 318 g/mol. The van der Waals surface area contributed by atoms with Crippen LogP contribution in [0.4, 0.5) is 0 Å². The molecule has 2 aromatic carbocycles. The Hall–Kier alpha value is -2.40. The smallest absolute Gasteiger partial charge is 0.308 e. The summed E-state index contributed by atoms with van der Waals surface area (Å²) in [6.07, 6.45) is 1.56. The topological polar surface area (TPSA) is 75.6 Å². The lowest BCUT2D eigenvalue weighted by molar-refractivity contribution is -0.142. The first kappa shape index (κ1) is 17.4. The van der Waals surface area contributed by atoms with E-state index < -0.39 is 18.0 Å². The van der Waals surface area contributed by atoms with Crippen LogP contribution in [0, 0.1) is 5.92 Å². The quantitative estimate of drug-likeness (QED) is 0.847. The largest absolute Gasteiger partial charge is 0.481 e. The summed E-state index contributed by atoms with van der Waals surface area (Å²) in [4.78, 5) is 23.7. The minimum atomic E-state index is -0.908. The summed E-state index contributed by atoms with van der Waals surface area (Å²) < 4.78 is 5.52. The Morgan fingerprint density at radius 3 is 2.64 bits per heavy atom. The zero-order valence-corrected chi connectivity index (χ0v) is 14.3. The molecule has 3 unspecified atom stereocenters. The molecule has 0 saturated carbocycles. The second kappa shape index (κ2) is 7.66. The average Bonchev–Trinajstić information content (AvgIpc) is 3.04. The Kier molecular flexibility index (Phi) is 5.34. The molecule has 5 nitrogen and oxygen atoms in total. The Labute approximate surface area is 147 Å². The highest BCUT2D eigenvalue weighted by molar-refractivity contribution is 5.83. The number of fused-ring (bicyclic) bond motifs is 1. The number of ether oxygens (including phenoxy) is 1. The number of carbonyl (C=O) groups is 2. The van der Waals surface area contributed by atoms with Gasteiger partial charge >= 0.3 is 5.97 Å². The molecule has 1 fully saturated rings. The van der Waals surface area contributed by atoms with Gasteiger partial charge in [0.15, 0.2) is 0 Å². The van der Waals surface area contributed by atoms with E-state index in [1.165, 1.54) is 0 Å². The third kappa shape index (κ3) is 4.37. The van der Waals surface area contributed by atoms with Crippen molar-refractivity contribution in [3.63, 3.8) is 0 Å². The van der Waals surface area contributed by atoms with Gasteiger partial charge in [-0.3, -0.25) is 9.59 Å². The third-order valence-corrected chi connectivity index (χ3v) is 4.69. The first-order valence-corrected chi connectivity index (χ1v) is 8.66. The SMILES string of the molecule is CC1CCC(C(=O)NCC(Cc2ccc3ccccc3c2)C(=O)O)O1. The normalized spacial score (nSPS) is 21.2. The summed E-state index contributed by atoms with van der Waals surface area (Å²) in [5.41, 5.74) is 0.950. The zero-order valence-electron chi connectivity index (χ0n) is 14.3. The van der Waals surface area contributed by atoms with E-state index in [4.69, 9.17) is 4.74 Å². The van der Waals surface area contributed by atoms with E-state index in [-0.39, 0.29) is 18.6 Å². The Morgan fingerprint density at radius 1 is 1.20 bits per heavy atom. The maximum absolute atomic E-state index is 12.1. The molecule has 0 bridgehead atoms. The van der Waals surface area contributed by atoms with Crippen molar-refractivity contribution in [2.24, 2.45) is 5.92 Å². The lowest BCUT2D eigenvalue weighted by atomic mass is 9.97. The fourth-order valence-electron chi connectivity index (χ4n) is 3.23. The minimum Gasteiger partial charge on any atom is -0.481 e. The predicted molar refractivity (Wildman–Crippen MR) is 95.4 cm³/mol. The summed E-state index contributed by atoms with van der Waals surface area (Å²) in [5, 5.41) is 14.4.